The fourth-order valence-electron chi connectivity index (χ4n) is 3.41. The number of aromatic amines is 1. The maximum absolute atomic E-state index is 13.1. The Morgan fingerprint density at radius 3 is 2.68 bits per heavy atom. The molecule has 1 fully saturated rings. The first kappa shape index (κ1) is 20.4. The molecule has 0 bridgehead atoms. The number of halogens is 1. The van der Waals surface area contributed by atoms with Gasteiger partial charge < -0.3 is 19.9 Å². The van der Waals surface area contributed by atoms with E-state index in [9.17, 15) is 9.59 Å². The Bertz CT molecular complexity index is 834. The maximum Gasteiger partial charge on any atom is 0.407 e. The first-order valence-electron chi connectivity index (χ1n) is 9.40. The van der Waals surface area contributed by atoms with Crippen LogP contribution in [0.3, 0.4) is 0 Å². The summed E-state index contributed by atoms with van der Waals surface area (Å²) in [6.45, 7) is 4.36. The largest absolute Gasteiger partial charge is 0.436 e. The van der Waals surface area contributed by atoms with Crippen LogP contribution in [0.2, 0.25) is 0 Å². The van der Waals surface area contributed by atoms with Crippen LogP contribution < -0.4 is 5.32 Å². The van der Waals surface area contributed by atoms with Gasteiger partial charge in [-0.3, -0.25) is 4.79 Å². The van der Waals surface area contributed by atoms with Crippen molar-refractivity contribution in [2.75, 3.05) is 13.6 Å². The van der Waals surface area contributed by atoms with E-state index in [4.69, 9.17) is 4.74 Å². The summed E-state index contributed by atoms with van der Waals surface area (Å²) in [6, 6.07) is 7.82. The van der Waals surface area contributed by atoms with Gasteiger partial charge in [-0.1, -0.05) is 41.9 Å². The number of ether oxygens (including phenoxy) is 1. The van der Waals surface area contributed by atoms with E-state index >= 15 is 0 Å². The summed E-state index contributed by atoms with van der Waals surface area (Å²) in [5.74, 6) is 0.454. The summed E-state index contributed by atoms with van der Waals surface area (Å²) in [7, 11) is 1.48. The van der Waals surface area contributed by atoms with Crippen molar-refractivity contribution in [2.45, 2.75) is 38.8 Å². The molecule has 28 heavy (non-hydrogen) atoms. The fourth-order valence-corrected chi connectivity index (χ4v) is 3.67. The number of carbonyl (C=O) groups excluding carboxylic acids is 2. The van der Waals surface area contributed by atoms with E-state index in [1.165, 1.54) is 7.05 Å². The Hall–Kier alpha value is -2.35. The Morgan fingerprint density at radius 2 is 2.04 bits per heavy atom. The van der Waals surface area contributed by atoms with Gasteiger partial charge in [0.25, 0.3) is 5.91 Å². The smallest absolute Gasteiger partial charge is 0.407 e. The summed E-state index contributed by atoms with van der Waals surface area (Å²) < 4.78 is 6.34. The first-order chi connectivity index (χ1) is 13.4. The van der Waals surface area contributed by atoms with Gasteiger partial charge in [0, 0.05) is 18.1 Å². The highest BCUT2D eigenvalue weighted by Crippen LogP contribution is 2.33. The van der Waals surface area contributed by atoms with Gasteiger partial charge in [-0.05, 0) is 36.5 Å². The predicted molar refractivity (Wildman–Crippen MR) is 110 cm³/mol. The number of nitrogens with one attached hydrogen (secondary N) is 2. The van der Waals surface area contributed by atoms with Crippen LogP contribution in [0, 0.1) is 5.92 Å². The highest BCUT2D eigenvalue weighted by Gasteiger charge is 2.38. The van der Waals surface area contributed by atoms with Crippen molar-refractivity contribution in [3.8, 4) is 11.3 Å². The normalized spacial score (nSPS) is 17.6. The number of hydrogen-bond donors (Lipinski definition) is 2. The van der Waals surface area contributed by atoms with E-state index in [1.54, 1.807) is 11.1 Å². The molecule has 2 heterocycles. The molecule has 150 valence electrons. The van der Waals surface area contributed by atoms with Crippen LogP contribution in [0.1, 0.15) is 38.6 Å². The van der Waals surface area contributed by atoms with Crippen LogP contribution in [0.15, 0.2) is 34.9 Å². The van der Waals surface area contributed by atoms with Gasteiger partial charge in [-0.15, -0.1) is 0 Å². The summed E-state index contributed by atoms with van der Waals surface area (Å²) >= 11 is 3.44. The lowest BCUT2D eigenvalue weighted by molar-refractivity contribution is -0.143. The van der Waals surface area contributed by atoms with Gasteiger partial charge in [0.2, 0.25) is 0 Å². The fraction of sp³-hybridized carbons (Fsp3) is 0.450. The number of alkyl carbamates (subject to hydrolysis) is 1. The monoisotopic (exact) mass is 448 g/mol. The minimum Gasteiger partial charge on any atom is -0.436 e. The number of carbonyl (C=O) groups is 2. The molecule has 2 amide bonds. The second-order valence-corrected chi connectivity index (χ2v) is 8.11. The molecule has 2 atom stereocenters. The van der Waals surface area contributed by atoms with Gasteiger partial charge in [0.15, 0.2) is 6.10 Å². The molecule has 2 unspecified atom stereocenters. The highest BCUT2D eigenvalue weighted by atomic mass is 79.9. The van der Waals surface area contributed by atoms with Gasteiger partial charge in [-0.2, -0.15) is 0 Å². The lowest BCUT2D eigenvalue weighted by Crippen LogP contribution is -2.45. The van der Waals surface area contributed by atoms with Crippen molar-refractivity contribution in [1.29, 1.82) is 0 Å². The zero-order chi connectivity index (χ0) is 20.3. The van der Waals surface area contributed by atoms with Gasteiger partial charge in [-0.25, -0.2) is 9.78 Å². The predicted octanol–water partition coefficient (Wildman–Crippen LogP) is 3.88. The number of nitrogens with zero attached hydrogens (tertiary/aromatic N) is 2. The quantitative estimate of drug-likeness (QED) is 0.726. The third kappa shape index (κ3) is 4.38. The molecule has 0 aliphatic carbocycles. The molecule has 2 N–H and O–H groups in total. The molecular weight excluding hydrogens is 424 g/mol. The third-order valence-electron chi connectivity index (χ3n) is 4.89. The average Bonchev–Trinajstić information content (AvgIpc) is 3.34. The number of imidazole rings is 1. The topological polar surface area (TPSA) is 87.3 Å². The van der Waals surface area contributed by atoms with Gasteiger partial charge >= 0.3 is 6.09 Å². The van der Waals surface area contributed by atoms with Crippen LogP contribution >= 0.6 is 15.9 Å². The lowest BCUT2D eigenvalue weighted by Gasteiger charge is -2.29. The minimum atomic E-state index is -0.818. The van der Waals surface area contributed by atoms with E-state index in [2.05, 4.69) is 31.2 Å². The van der Waals surface area contributed by atoms with E-state index in [1.807, 2.05) is 38.1 Å². The van der Waals surface area contributed by atoms with Crippen molar-refractivity contribution in [2.24, 2.45) is 5.92 Å². The summed E-state index contributed by atoms with van der Waals surface area (Å²) in [6.07, 6.45) is 2.08. The van der Waals surface area contributed by atoms with Crippen molar-refractivity contribution >= 4 is 27.9 Å². The van der Waals surface area contributed by atoms with Crippen LogP contribution in [0.4, 0.5) is 4.79 Å². The van der Waals surface area contributed by atoms with Gasteiger partial charge in [0.1, 0.15) is 5.82 Å². The molecule has 2 aromatic rings. The number of H-pyrrole nitrogens is 1. The Balaban J connectivity index is 1.79. The molecule has 1 aliphatic rings. The summed E-state index contributed by atoms with van der Waals surface area (Å²) in [5, 5.41) is 2.41. The molecule has 0 radical (unpaired) electrons. The molecular formula is C20H25BrN4O3. The minimum absolute atomic E-state index is 0.124. The molecule has 1 aliphatic heterocycles. The number of aromatic nitrogens is 2. The van der Waals surface area contributed by atoms with Crippen LogP contribution in [-0.2, 0) is 9.53 Å². The molecule has 0 spiro atoms. The van der Waals surface area contributed by atoms with E-state index in [-0.39, 0.29) is 17.9 Å². The molecule has 3 rings (SSSR count). The molecule has 1 aromatic heterocycles. The average molecular weight is 449 g/mol. The highest BCUT2D eigenvalue weighted by molar-refractivity contribution is 9.10. The second kappa shape index (κ2) is 8.77. The number of rotatable bonds is 5. The zero-order valence-corrected chi connectivity index (χ0v) is 17.8. The van der Waals surface area contributed by atoms with Crippen molar-refractivity contribution < 1.29 is 14.3 Å². The number of benzene rings is 1. The first-order valence-corrected chi connectivity index (χ1v) is 10.2. The lowest BCUT2D eigenvalue weighted by atomic mass is 10.1. The van der Waals surface area contributed by atoms with Crippen LogP contribution in [0.25, 0.3) is 11.3 Å². The molecule has 1 saturated heterocycles. The Kier molecular flexibility index (Phi) is 6.39. The third-order valence-corrected chi connectivity index (χ3v) is 5.42. The van der Waals surface area contributed by atoms with Crippen molar-refractivity contribution in [3.63, 3.8) is 0 Å². The van der Waals surface area contributed by atoms with Crippen LogP contribution in [-0.4, -0.2) is 46.6 Å². The molecule has 1 aromatic carbocycles. The summed E-state index contributed by atoms with van der Waals surface area (Å²) in [4.78, 5) is 34.4. The number of likely N-dealkylation sites (tertiary alicyclic amines) is 1. The number of hydrogen-bond acceptors (Lipinski definition) is 4. The standard InChI is InChI=1S/C20H25BrN4O3/c1-12(2)17(28-20(27)22-3)19(26)25-10-4-5-16(25)18-23-11-15(24-18)13-6-8-14(21)9-7-13/h6-9,11-12,16-17H,4-5,10H2,1-3H3,(H,22,27)(H,23,24). The molecule has 8 heteroatoms. The number of amides is 2. The molecule has 0 saturated carbocycles. The van der Waals surface area contributed by atoms with Crippen molar-refractivity contribution in [3.05, 3.63) is 40.8 Å². The van der Waals surface area contributed by atoms with Crippen LogP contribution in [0.5, 0.6) is 0 Å². The Morgan fingerprint density at radius 1 is 1.32 bits per heavy atom. The van der Waals surface area contributed by atoms with E-state index in [0.29, 0.717) is 6.54 Å². The molecule has 7 nitrogen and oxygen atoms in total. The maximum atomic E-state index is 13.1. The van der Waals surface area contributed by atoms with E-state index in [0.717, 1.165) is 34.4 Å². The van der Waals surface area contributed by atoms with Crippen molar-refractivity contribution in [1.82, 2.24) is 20.2 Å². The van der Waals surface area contributed by atoms with Gasteiger partial charge in [0.05, 0.1) is 17.9 Å². The zero-order valence-electron chi connectivity index (χ0n) is 16.2. The summed E-state index contributed by atoms with van der Waals surface area (Å²) in [5.41, 5.74) is 1.93. The Labute approximate surface area is 173 Å². The SMILES string of the molecule is CNC(=O)OC(C(=O)N1CCCC1c1ncc(-c2ccc(Br)cc2)[nH]1)C(C)C. The second-order valence-electron chi connectivity index (χ2n) is 7.20. The van der Waals surface area contributed by atoms with E-state index < -0.39 is 12.2 Å².